The summed E-state index contributed by atoms with van der Waals surface area (Å²) in [6.07, 6.45) is 1.41. The standard InChI is InChI=1S/C23H22N4O5S2/c1-3-34(29,30)23-27-26-22(33-23)25-21(28)18(15-24)14-17-8-10-19(11-9-17)31-12-13-32-20-7-5-4-6-16(20)2/h4-11,14H,3,12-13H2,1-2H3,(H,25,26,28). The quantitative estimate of drug-likeness (QED) is 0.194. The molecule has 0 atom stereocenters. The fourth-order valence-corrected chi connectivity index (χ4v) is 4.66. The van der Waals surface area contributed by atoms with E-state index in [0.29, 0.717) is 24.5 Å². The molecule has 0 fully saturated rings. The molecular weight excluding hydrogens is 476 g/mol. The summed E-state index contributed by atoms with van der Waals surface area (Å²) in [6, 6.07) is 16.4. The number of hydrogen-bond donors (Lipinski definition) is 1. The van der Waals surface area contributed by atoms with E-state index in [1.807, 2.05) is 37.3 Å². The van der Waals surface area contributed by atoms with Gasteiger partial charge in [-0.05, 0) is 42.3 Å². The van der Waals surface area contributed by atoms with Crippen LogP contribution in [0.25, 0.3) is 6.08 Å². The Morgan fingerprint density at radius 3 is 2.50 bits per heavy atom. The molecule has 0 radical (unpaired) electrons. The van der Waals surface area contributed by atoms with E-state index < -0.39 is 15.7 Å². The van der Waals surface area contributed by atoms with Gasteiger partial charge in [-0.2, -0.15) is 5.26 Å². The maximum Gasteiger partial charge on any atom is 0.268 e. The van der Waals surface area contributed by atoms with Crippen molar-refractivity contribution in [3.05, 3.63) is 65.2 Å². The summed E-state index contributed by atoms with van der Waals surface area (Å²) >= 11 is 0.732. The highest BCUT2D eigenvalue weighted by Crippen LogP contribution is 2.22. The van der Waals surface area contributed by atoms with E-state index in [4.69, 9.17) is 9.47 Å². The second-order valence-corrected chi connectivity index (χ2v) is 10.4. The first-order chi connectivity index (χ1) is 16.3. The Bertz CT molecular complexity index is 1330. The predicted molar refractivity (Wildman–Crippen MR) is 128 cm³/mol. The number of nitrogens with one attached hydrogen (secondary N) is 1. The van der Waals surface area contributed by atoms with Gasteiger partial charge < -0.3 is 9.47 Å². The molecule has 3 rings (SSSR count). The van der Waals surface area contributed by atoms with Gasteiger partial charge in [0.05, 0.1) is 5.75 Å². The molecule has 1 N–H and O–H groups in total. The van der Waals surface area contributed by atoms with E-state index in [1.165, 1.54) is 13.0 Å². The van der Waals surface area contributed by atoms with E-state index in [9.17, 15) is 18.5 Å². The molecule has 0 unspecified atom stereocenters. The van der Waals surface area contributed by atoms with Crippen LogP contribution in [0.3, 0.4) is 0 Å². The molecule has 0 aliphatic carbocycles. The highest BCUT2D eigenvalue weighted by atomic mass is 32.2. The van der Waals surface area contributed by atoms with Gasteiger partial charge in [0.15, 0.2) is 0 Å². The summed E-state index contributed by atoms with van der Waals surface area (Å²) in [5.74, 6) is 0.587. The largest absolute Gasteiger partial charge is 0.490 e. The van der Waals surface area contributed by atoms with Gasteiger partial charge in [0, 0.05) is 0 Å². The van der Waals surface area contributed by atoms with Crippen LogP contribution in [0.1, 0.15) is 18.1 Å². The van der Waals surface area contributed by atoms with Crippen LogP contribution in [0.2, 0.25) is 0 Å². The minimum Gasteiger partial charge on any atom is -0.490 e. The number of rotatable bonds is 10. The second kappa shape index (κ2) is 11.4. The van der Waals surface area contributed by atoms with Gasteiger partial charge in [0.25, 0.3) is 5.91 Å². The summed E-state index contributed by atoms with van der Waals surface area (Å²) in [4.78, 5) is 12.4. The summed E-state index contributed by atoms with van der Waals surface area (Å²) in [7, 11) is -3.52. The summed E-state index contributed by atoms with van der Waals surface area (Å²) in [6.45, 7) is 4.20. The number of para-hydroxylation sites is 1. The normalized spacial score (nSPS) is 11.5. The molecule has 2 aromatic carbocycles. The van der Waals surface area contributed by atoms with Gasteiger partial charge in [0.1, 0.15) is 36.4 Å². The van der Waals surface area contributed by atoms with Gasteiger partial charge >= 0.3 is 0 Å². The zero-order chi connectivity index (χ0) is 24.6. The van der Waals surface area contributed by atoms with Crippen molar-refractivity contribution in [2.75, 3.05) is 24.3 Å². The van der Waals surface area contributed by atoms with Crippen molar-refractivity contribution in [1.29, 1.82) is 5.26 Å². The number of aromatic nitrogens is 2. The molecule has 1 aromatic heterocycles. The maximum absolute atomic E-state index is 12.4. The molecule has 3 aromatic rings. The fraction of sp³-hybridized carbons (Fsp3) is 0.217. The van der Waals surface area contributed by atoms with Crippen LogP contribution in [0.5, 0.6) is 11.5 Å². The molecule has 0 aliphatic rings. The van der Waals surface area contributed by atoms with Crippen LogP contribution in [0.15, 0.2) is 58.4 Å². The molecule has 34 heavy (non-hydrogen) atoms. The van der Waals surface area contributed by atoms with E-state index in [-0.39, 0.29) is 20.8 Å². The van der Waals surface area contributed by atoms with Crippen molar-refractivity contribution in [3.8, 4) is 17.6 Å². The molecular formula is C23H22N4O5S2. The monoisotopic (exact) mass is 498 g/mol. The molecule has 0 spiro atoms. The third-order valence-electron chi connectivity index (χ3n) is 4.53. The zero-order valence-electron chi connectivity index (χ0n) is 18.5. The molecule has 0 saturated heterocycles. The van der Waals surface area contributed by atoms with E-state index >= 15 is 0 Å². The highest BCUT2D eigenvalue weighted by Gasteiger charge is 2.19. The Balaban J connectivity index is 1.56. The van der Waals surface area contributed by atoms with Gasteiger partial charge in [-0.3, -0.25) is 10.1 Å². The van der Waals surface area contributed by atoms with Crippen LogP contribution < -0.4 is 14.8 Å². The molecule has 11 heteroatoms. The number of nitriles is 1. The van der Waals surface area contributed by atoms with Crippen LogP contribution in [0.4, 0.5) is 5.13 Å². The molecule has 1 amide bonds. The van der Waals surface area contributed by atoms with Crippen LogP contribution in [-0.4, -0.2) is 43.5 Å². The lowest BCUT2D eigenvalue weighted by atomic mass is 10.1. The number of carbonyl (C=O) groups is 1. The number of hydrogen-bond acceptors (Lipinski definition) is 9. The van der Waals surface area contributed by atoms with Gasteiger partial charge in [-0.15, -0.1) is 10.2 Å². The van der Waals surface area contributed by atoms with Gasteiger partial charge in [0.2, 0.25) is 19.3 Å². The Hall–Kier alpha value is -3.75. The number of amides is 1. The smallest absolute Gasteiger partial charge is 0.268 e. The number of nitrogens with zero attached hydrogens (tertiary/aromatic N) is 3. The third kappa shape index (κ3) is 6.63. The van der Waals surface area contributed by atoms with Gasteiger partial charge in [-0.1, -0.05) is 48.6 Å². The number of anilines is 1. The minimum atomic E-state index is -3.52. The van der Waals surface area contributed by atoms with Crippen molar-refractivity contribution in [2.45, 2.75) is 18.2 Å². The zero-order valence-corrected chi connectivity index (χ0v) is 20.1. The van der Waals surface area contributed by atoms with Crippen molar-refractivity contribution < 1.29 is 22.7 Å². The van der Waals surface area contributed by atoms with E-state index in [1.54, 1.807) is 24.3 Å². The molecule has 1 heterocycles. The first kappa shape index (κ1) is 24.9. The lowest BCUT2D eigenvalue weighted by molar-refractivity contribution is -0.112. The SMILES string of the molecule is CCS(=O)(=O)c1nnc(NC(=O)C(C#N)=Cc2ccc(OCCOc3ccccc3C)cc2)s1. The topological polar surface area (TPSA) is 131 Å². The van der Waals surface area contributed by atoms with Crippen LogP contribution >= 0.6 is 11.3 Å². The van der Waals surface area contributed by atoms with Crippen molar-refractivity contribution in [1.82, 2.24) is 10.2 Å². The molecule has 176 valence electrons. The summed E-state index contributed by atoms with van der Waals surface area (Å²) < 4.78 is 34.8. The number of benzene rings is 2. The van der Waals surface area contributed by atoms with Crippen molar-refractivity contribution in [3.63, 3.8) is 0 Å². The molecule has 0 saturated carbocycles. The maximum atomic E-state index is 12.4. The summed E-state index contributed by atoms with van der Waals surface area (Å²) in [5, 5.41) is 19.0. The average molecular weight is 499 g/mol. The predicted octanol–water partition coefficient (Wildman–Crippen LogP) is 3.64. The van der Waals surface area contributed by atoms with E-state index in [0.717, 1.165) is 22.6 Å². The second-order valence-electron chi connectivity index (χ2n) is 6.93. The number of carbonyl (C=O) groups excluding carboxylic acids is 1. The Morgan fingerprint density at radius 2 is 1.82 bits per heavy atom. The van der Waals surface area contributed by atoms with Crippen molar-refractivity contribution >= 4 is 38.3 Å². The molecule has 0 bridgehead atoms. The molecule has 0 aliphatic heterocycles. The Kier molecular flexibility index (Phi) is 8.34. The fourth-order valence-electron chi connectivity index (χ4n) is 2.68. The lowest BCUT2D eigenvalue weighted by Crippen LogP contribution is -2.13. The Labute approximate surface area is 201 Å². The van der Waals surface area contributed by atoms with Gasteiger partial charge in [-0.25, -0.2) is 8.42 Å². The van der Waals surface area contributed by atoms with Crippen LogP contribution in [-0.2, 0) is 14.6 Å². The number of ether oxygens (including phenoxy) is 2. The average Bonchev–Trinajstić information content (AvgIpc) is 3.31. The Morgan fingerprint density at radius 1 is 1.12 bits per heavy atom. The van der Waals surface area contributed by atoms with Crippen molar-refractivity contribution in [2.24, 2.45) is 0 Å². The van der Waals surface area contributed by atoms with Crippen LogP contribution in [0, 0.1) is 18.3 Å². The lowest BCUT2D eigenvalue weighted by Gasteiger charge is -2.10. The third-order valence-corrected chi connectivity index (χ3v) is 7.55. The summed E-state index contributed by atoms with van der Waals surface area (Å²) in [5.41, 5.74) is 1.49. The number of sulfone groups is 1. The van der Waals surface area contributed by atoms with E-state index in [2.05, 4.69) is 15.5 Å². The number of aryl methyl sites for hydroxylation is 1. The first-order valence-electron chi connectivity index (χ1n) is 10.2. The minimum absolute atomic E-state index is 0.00478. The molecule has 9 nitrogen and oxygen atoms in total. The first-order valence-corrected chi connectivity index (χ1v) is 12.7. The highest BCUT2D eigenvalue weighted by molar-refractivity contribution is 7.93.